The van der Waals surface area contributed by atoms with Gasteiger partial charge in [0.15, 0.2) is 11.5 Å². The lowest BCUT2D eigenvalue weighted by atomic mass is 9.96. The third-order valence-corrected chi connectivity index (χ3v) is 4.75. The van der Waals surface area contributed by atoms with E-state index in [9.17, 15) is 4.79 Å². The van der Waals surface area contributed by atoms with Crippen molar-refractivity contribution in [1.82, 2.24) is 4.98 Å². The van der Waals surface area contributed by atoms with Gasteiger partial charge in [-0.1, -0.05) is 20.8 Å². The first-order valence-corrected chi connectivity index (χ1v) is 9.08. The number of fused-ring (bicyclic) bond motifs is 1. The zero-order valence-electron chi connectivity index (χ0n) is 16.6. The van der Waals surface area contributed by atoms with E-state index in [1.807, 2.05) is 45.2 Å². The number of carbonyl (C=O) groups is 1. The molecule has 3 rings (SSSR count). The van der Waals surface area contributed by atoms with Crippen LogP contribution in [0.3, 0.4) is 0 Å². The summed E-state index contributed by atoms with van der Waals surface area (Å²) in [6, 6.07) is 7.96. The number of anilines is 2. The second-order valence-corrected chi connectivity index (χ2v) is 7.75. The van der Waals surface area contributed by atoms with Crippen molar-refractivity contribution >= 4 is 17.4 Å². The molecule has 1 amide bonds. The van der Waals surface area contributed by atoms with Crippen molar-refractivity contribution in [3.8, 4) is 11.5 Å². The van der Waals surface area contributed by atoms with E-state index < -0.39 is 5.41 Å². The molecule has 6 heteroatoms. The predicted molar refractivity (Wildman–Crippen MR) is 107 cm³/mol. The van der Waals surface area contributed by atoms with Crippen LogP contribution in [0.4, 0.5) is 11.5 Å². The van der Waals surface area contributed by atoms with Gasteiger partial charge >= 0.3 is 0 Å². The molecule has 0 aliphatic carbocycles. The molecule has 0 bridgehead atoms. The second-order valence-electron chi connectivity index (χ2n) is 7.75. The topological polar surface area (TPSA) is 63.7 Å². The molecule has 0 spiro atoms. The molecule has 144 valence electrons. The molecule has 6 nitrogen and oxygen atoms in total. The summed E-state index contributed by atoms with van der Waals surface area (Å²) in [6.45, 7) is 7.32. The largest absolute Gasteiger partial charge is 0.493 e. The number of amides is 1. The number of methoxy groups -OCH3 is 2. The van der Waals surface area contributed by atoms with Crippen LogP contribution in [0.2, 0.25) is 0 Å². The molecule has 0 unspecified atom stereocenters. The molecule has 0 atom stereocenters. The first-order valence-electron chi connectivity index (χ1n) is 9.08. The molecule has 1 aliphatic heterocycles. The lowest BCUT2D eigenvalue weighted by molar-refractivity contribution is -0.123. The van der Waals surface area contributed by atoms with Crippen LogP contribution in [0.1, 0.15) is 31.9 Å². The fraction of sp³-hybridized carbons (Fsp3) is 0.429. The van der Waals surface area contributed by atoms with Crippen molar-refractivity contribution in [2.45, 2.75) is 33.7 Å². The summed E-state index contributed by atoms with van der Waals surface area (Å²) in [6.07, 6.45) is 2.74. The monoisotopic (exact) mass is 369 g/mol. The van der Waals surface area contributed by atoms with Gasteiger partial charge in [-0.25, -0.2) is 4.98 Å². The summed E-state index contributed by atoms with van der Waals surface area (Å²) in [4.78, 5) is 18.8. The molecule has 0 saturated carbocycles. The lowest BCUT2D eigenvalue weighted by Crippen LogP contribution is -2.30. The number of hydrogen-bond donors (Lipinski definition) is 1. The number of hydrogen-bond acceptors (Lipinski definition) is 5. The summed E-state index contributed by atoms with van der Waals surface area (Å²) < 4.78 is 10.8. The average Bonchev–Trinajstić information content (AvgIpc) is 2.66. The van der Waals surface area contributed by atoms with Crippen LogP contribution in [0.25, 0.3) is 0 Å². The summed E-state index contributed by atoms with van der Waals surface area (Å²) >= 11 is 0. The fourth-order valence-corrected chi connectivity index (χ4v) is 3.05. The Morgan fingerprint density at radius 1 is 1.11 bits per heavy atom. The molecule has 0 fully saturated rings. The highest BCUT2D eigenvalue weighted by molar-refractivity contribution is 5.93. The van der Waals surface area contributed by atoms with E-state index in [1.165, 1.54) is 11.1 Å². The van der Waals surface area contributed by atoms with Crippen LogP contribution in [0, 0.1) is 5.41 Å². The molecule has 1 aliphatic rings. The Kier molecular flexibility index (Phi) is 5.26. The van der Waals surface area contributed by atoms with Crippen molar-refractivity contribution in [1.29, 1.82) is 0 Å². The third kappa shape index (κ3) is 4.15. The number of nitrogens with zero attached hydrogens (tertiary/aromatic N) is 2. The number of nitrogens with one attached hydrogen (secondary N) is 1. The molecule has 1 aromatic carbocycles. The number of carbonyl (C=O) groups excluding carboxylic acids is 1. The minimum absolute atomic E-state index is 0.0457. The van der Waals surface area contributed by atoms with Gasteiger partial charge in [0.25, 0.3) is 0 Å². The van der Waals surface area contributed by atoms with Crippen molar-refractivity contribution in [3.63, 3.8) is 0 Å². The maximum absolute atomic E-state index is 12.1. The van der Waals surface area contributed by atoms with E-state index in [-0.39, 0.29) is 5.91 Å². The minimum atomic E-state index is -0.447. The molecule has 2 heterocycles. The normalized spacial score (nSPS) is 13.7. The molecule has 0 saturated heterocycles. The lowest BCUT2D eigenvalue weighted by Gasteiger charge is -2.31. The van der Waals surface area contributed by atoms with Gasteiger partial charge in [0.05, 0.1) is 26.1 Å². The Hall–Kier alpha value is -2.76. The number of rotatable bonds is 4. The van der Waals surface area contributed by atoms with Crippen LogP contribution >= 0.6 is 0 Å². The van der Waals surface area contributed by atoms with Gasteiger partial charge in [-0.2, -0.15) is 0 Å². The van der Waals surface area contributed by atoms with Gasteiger partial charge in [0.1, 0.15) is 5.82 Å². The quantitative estimate of drug-likeness (QED) is 0.891. The number of benzene rings is 1. The van der Waals surface area contributed by atoms with Crippen molar-refractivity contribution < 1.29 is 14.3 Å². The first-order chi connectivity index (χ1) is 12.8. The summed E-state index contributed by atoms with van der Waals surface area (Å²) in [5, 5.41) is 2.86. The van der Waals surface area contributed by atoms with Gasteiger partial charge < -0.3 is 19.7 Å². The molecular formula is C21H27N3O3. The van der Waals surface area contributed by atoms with Gasteiger partial charge in [-0.05, 0) is 41.8 Å². The van der Waals surface area contributed by atoms with E-state index in [2.05, 4.69) is 21.3 Å². The van der Waals surface area contributed by atoms with Gasteiger partial charge in [0.2, 0.25) is 5.91 Å². The highest BCUT2D eigenvalue weighted by Crippen LogP contribution is 2.34. The minimum Gasteiger partial charge on any atom is -0.493 e. The van der Waals surface area contributed by atoms with E-state index in [0.717, 1.165) is 36.7 Å². The molecule has 2 aromatic rings. The standard InChI is InChI=1S/C21H27N3O3/c1-21(2,3)20(25)23-19-7-6-16(12-22-19)24-9-8-14-10-17(26-4)18(27-5)11-15(14)13-24/h6-7,10-12H,8-9,13H2,1-5H3,(H,22,23,25). The molecule has 1 aromatic heterocycles. The number of aromatic nitrogens is 1. The first kappa shape index (κ1) is 19.0. The second kappa shape index (κ2) is 7.47. The Morgan fingerprint density at radius 3 is 2.33 bits per heavy atom. The smallest absolute Gasteiger partial charge is 0.230 e. The molecular weight excluding hydrogens is 342 g/mol. The van der Waals surface area contributed by atoms with Crippen LogP contribution < -0.4 is 19.7 Å². The Labute approximate surface area is 160 Å². The van der Waals surface area contributed by atoms with Crippen LogP contribution in [0.15, 0.2) is 30.5 Å². The Morgan fingerprint density at radius 2 is 1.78 bits per heavy atom. The number of pyridine rings is 1. The fourth-order valence-electron chi connectivity index (χ4n) is 3.05. The maximum atomic E-state index is 12.1. The zero-order valence-corrected chi connectivity index (χ0v) is 16.6. The summed E-state index contributed by atoms with van der Waals surface area (Å²) in [5.41, 5.74) is 3.09. The van der Waals surface area contributed by atoms with Crippen molar-refractivity contribution in [2.75, 3.05) is 31.0 Å². The van der Waals surface area contributed by atoms with Crippen molar-refractivity contribution in [3.05, 3.63) is 41.6 Å². The van der Waals surface area contributed by atoms with E-state index in [1.54, 1.807) is 14.2 Å². The zero-order chi connectivity index (χ0) is 19.6. The number of ether oxygens (including phenoxy) is 2. The van der Waals surface area contributed by atoms with E-state index in [4.69, 9.17) is 9.47 Å². The molecule has 1 N–H and O–H groups in total. The molecule has 0 radical (unpaired) electrons. The van der Waals surface area contributed by atoms with Gasteiger partial charge in [-0.15, -0.1) is 0 Å². The van der Waals surface area contributed by atoms with Crippen LogP contribution in [0.5, 0.6) is 11.5 Å². The molecule has 27 heavy (non-hydrogen) atoms. The van der Waals surface area contributed by atoms with Gasteiger partial charge in [-0.3, -0.25) is 4.79 Å². The van der Waals surface area contributed by atoms with E-state index in [0.29, 0.717) is 5.82 Å². The van der Waals surface area contributed by atoms with E-state index >= 15 is 0 Å². The third-order valence-electron chi connectivity index (χ3n) is 4.75. The Balaban J connectivity index is 1.74. The maximum Gasteiger partial charge on any atom is 0.230 e. The highest BCUT2D eigenvalue weighted by atomic mass is 16.5. The van der Waals surface area contributed by atoms with Crippen molar-refractivity contribution in [2.24, 2.45) is 5.41 Å². The Bertz CT molecular complexity index is 826. The predicted octanol–water partition coefficient (Wildman–Crippen LogP) is 3.65. The summed E-state index contributed by atoms with van der Waals surface area (Å²) in [5.74, 6) is 2.04. The van der Waals surface area contributed by atoms with Crippen LogP contribution in [-0.4, -0.2) is 31.7 Å². The van der Waals surface area contributed by atoms with Gasteiger partial charge in [0, 0.05) is 18.5 Å². The highest BCUT2D eigenvalue weighted by Gasteiger charge is 2.22. The van der Waals surface area contributed by atoms with Crippen LogP contribution in [-0.2, 0) is 17.8 Å². The average molecular weight is 369 g/mol. The SMILES string of the molecule is COc1cc2c(cc1OC)CN(c1ccc(NC(=O)C(C)(C)C)nc1)CC2. The summed E-state index contributed by atoms with van der Waals surface area (Å²) in [7, 11) is 3.31.